The molecule has 9 heteroatoms. The van der Waals surface area contributed by atoms with E-state index in [0.717, 1.165) is 4.31 Å². The van der Waals surface area contributed by atoms with E-state index in [4.69, 9.17) is 10.4 Å². The Hall–Kier alpha value is -2.05. The molecule has 23 heavy (non-hydrogen) atoms. The number of hydrogen-bond donors (Lipinski definition) is 1. The summed E-state index contributed by atoms with van der Waals surface area (Å²) in [7, 11) is -4.52. The zero-order valence-electron chi connectivity index (χ0n) is 11.7. The molecule has 0 aliphatic carbocycles. The lowest BCUT2D eigenvalue weighted by Crippen LogP contribution is -2.38. The van der Waals surface area contributed by atoms with Gasteiger partial charge in [-0.3, -0.25) is 4.79 Å². The number of halogens is 2. The zero-order chi connectivity index (χ0) is 16.9. The Kier molecular flexibility index (Phi) is 3.61. The van der Waals surface area contributed by atoms with Crippen LogP contribution in [-0.4, -0.2) is 35.9 Å². The minimum atomic E-state index is -4.52. The highest BCUT2D eigenvalue weighted by molar-refractivity contribution is 7.89. The second kappa shape index (κ2) is 5.25. The monoisotopic (exact) mass is 342 g/mol. The molecule has 0 aromatic heterocycles. The van der Waals surface area contributed by atoms with Gasteiger partial charge < -0.3 is 5.11 Å². The van der Waals surface area contributed by atoms with Gasteiger partial charge in [-0.2, -0.15) is 9.57 Å². The van der Waals surface area contributed by atoms with Gasteiger partial charge in [0.25, 0.3) is 0 Å². The number of nitrogens with zero attached hydrogens (tertiary/aromatic N) is 2. The fourth-order valence-corrected chi connectivity index (χ4v) is 5.57. The molecule has 3 unspecified atom stereocenters. The van der Waals surface area contributed by atoms with Crippen molar-refractivity contribution >= 4 is 16.0 Å². The number of aliphatic carboxylic acids is 1. The van der Waals surface area contributed by atoms with E-state index in [1.807, 2.05) is 0 Å². The van der Waals surface area contributed by atoms with Crippen molar-refractivity contribution in [2.75, 3.05) is 0 Å². The number of carboxylic acid groups (broad SMARTS) is 1. The van der Waals surface area contributed by atoms with E-state index in [2.05, 4.69) is 0 Å². The van der Waals surface area contributed by atoms with Crippen LogP contribution in [0, 0.1) is 28.9 Å². The van der Waals surface area contributed by atoms with Crippen molar-refractivity contribution in [2.45, 2.75) is 36.2 Å². The molecule has 0 saturated carbocycles. The average Bonchev–Trinajstić information content (AvgIpc) is 3.04. The highest BCUT2D eigenvalue weighted by atomic mass is 32.2. The van der Waals surface area contributed by atoms with E-state index in [-0.39, 0.29) is 12.0 Å². The summed E-state index contributed by atoms with van der Waals surface area (Å²) in [6.07, 6.45) is 0.951. The highest BCUT2D eigenvalue weighted by Gasteiger charge is 2.55. The smallest absolute Gasteiger partial charge is 0.308 e. The number of benzene rings is 1. The zero-order valence-corrected chi connectivity index (χ0v) is 12.6. The van der Waals surface area contributed by atoms with Crippen LogP contribution in [0.15, 0.2) is 17.0 Å². The van der Waals surface area contributed by atoms with Crippen molar-refractivity contribution in [3.05, 3.63) is 29.3 Å². The van der Waals surface area contributed by atoms with E-state index in [9.17, 15) is 22.0 Å². The Morgan fingerprint density at radius 3 is 2.39 bits per heavy atom. The molecule has 0 amide bonds. The number of sulfonamides is 1. The fraction of sp³-hybridized carbons (Fsp3) is 0.429. The fourth-order valence-electron chi connectivity index (χ4n) is 3.56. The summed E-state index contributed by atoms with van der Waals surface area (Å²) in [5.41, 5.74) is -0.327. The third kappa shape index (κ3) is 2.29. The summed E-state index contributed by atoms with van der Waals surface area (Å²) in [6, 6.07) is 1.49. The molecule has 0 spiro atoms. The molecule has 1 N–H and O–H groups in total. The van der Waals surface area contributed by atoms with Crippen molar-refractivity contribution in [3.8, 4) is 6.07 Å². The number of nitriles is 1. The topological polar surface area (TPSA) is 98.5 Å². The normalized spacial score (nSPS) is 27.1. The number of rotatable bonds is 3. The molecule has 2 aliphatic heterocycles. The standard InChI is InChI=1S/C14H12F2N2O4S/c15-10-3-7(6-17)4-11(16)13(10)23(21,22)18-8-1-2-12(18)9(5-8)14(19)20/h3-4,8-9,12H,1-2,5H2,(H,19,20). The predicted octanol–water partition coefficient (Wildman–Crippen LogP) is 1.46. The second-order valence-electron chi connectivity index (χ2n) is 5.69. The maximum absolute atomic E-state index is 14.1. The van der Waals surface area contributed by atoms with Crippen LogP contribution < -0.4 is 0 Å². The number of fused-ring (bicyclic) bond motifs is 2. The van der Waals surface area contributed by atoms with E-state index in [1.54, 1.807) is 6.07 Å². The van der Waals surface area contributed by atoms with Crippen molar-refractivity contribution in [3.63, 3.8) is 0 Å². The molecular weight excluding hydrogens is 330 g/mol. The summed E-state index contributed by atoms with van der Waals surface area (Å²) in [5.74, 6) is -4.68. The molecule has 1 aromatic rings. The van der Waals surface area contributed by atoms with E-state index < -0.39 is 50.5 Å². The van der Waals surface area contributed by atoms with Crippen LogP contribution in [-0.2, 0) is 14.8 Å². The first-order valence-corrected chi connectivity index (χ1v) is 8.37. The summed E-state index contributed by atoms with van der Waals surface area (Å²) in [4.78, 5) is 10.1. The van der Waals surface area contributed by atoms with Gasteiger partial charge in [-0.15, -0.1) is 0 Å². The summed E-state index contributed by atoms with van der Waals surface area (Å²) in [5, 5.41) is 17.8. The Labute approximate surface area is 131 Å². The van der Waals surface area contributed by atoms with Crippen LogP contribution in [0.4, 0.5) is 8.78 Å². The minimum absolute atomic E-state index is 0.138. The molecule has 2 aliphatic rings. The van der Waals surface area contributed by atoms with Gasteiger partial charge in [-0.05, 0) is 31.4 Å². The number of carbonyl (C=O) groups is 1. The Balaban J connectivity index is 2.08. The van der Waals surface area contributed by atoms with Crippen LogP contribution in [0.25, 0.3) is 0 Å². The molecule has 122 valence electrons. The van der Waals surface area contributed by atoms with Gasteiger partial charge in [0, 0.05) is 12.1 Å². The Bertz CT molecular complexity index is 811. The van der Waals surface area contributed by atoms with Crippen LogP contribution >= 0.6 is 0 Å². The van der Waals surface area contributed by atoms with Gasteiger partial charge in [0.15, 0.2) is 4.90 Å². The van der Waals surface area contributed by atoms with Gasteiger partial charge in [0.1, 0.15) is 11.6 Å². The Morgan fingerprint density at radius 1 is 1.30 bits per heavy atom. The second-order valence-corrected chi connectivity index (χ2v) is 7.47. The minimum Gasteiger partial charge on any atom is -0.481 e. The largest absolute Gasteiger partial charge is 0.481 e. The summed E-state index contributed by atoms with van der Waals surface area (Å²) < 4.78 is 54.4. The third-order valence-electron chi connectivity index (χ3n) is 4.45. The van der Waals surface area contributed by atoms with Gasteiger partial charge in [0.05, 0.1) is 17.6 Å². The molecule has 3 atom stereocenters. The summed E-state index contributed by atoms with van der Waals surface area (Å²) >= 11 is 0. The predicted molar refractivity (Wildman–Crippen MR) is 72.7 cm³/mol. The molecule has 2 fully saturated rings. The Morgan fingerprint density at radius 2 is 1.91 bits per heavy atom. The van der Waals surface area contributed by atoms with Gasteiger partial charge in [-0.25, -0.2) is 17.2 Å². The van der Waals surface area contributed by atoms with Gasteiger partial charge in [0.2, 0.25) is 10.0 Å². The third-order valence-corrected chi connectivity index (χ3v) is 6.48. The first kappa shape index (κ1) is 15.8. The SMILES string of the molecule is N#Cc1cc(F)c(S(=O)(=O)N2C3CCC2C(C(=O)O)C3)c(F)c1. The van der Waals surface area contributed by atoms with Crippen LogP contribution in [0.3, 0.4) is 0 Å². The quantitative estimate of drug-likeness (QED) is 0.897. The van der Waals surface area contributed by atoms with Gasteiger partial charge in [-0.1, -0.05) is 0 Å². The molecular formula is C14H12F2N2O4S. The van der Waals surface area contributed by atoms with Crippen LogP contribution in [0.5, 0.6) is 0 Å². The summed E-state index contributed by atoms with van der Waals surface area (Å²) in [6.45, 7) is 0. The lowest BCUT2D eigenvalue weighted by molar-refractivity contribution is -0.142. The lowest BCUT2D eigenvalue weighted by Gasteiger charge is -2.23. The molecule has 6 nitrogen and oxygen atoms in total. The van der Waals surface area contributed by atoms with Crippen molar-refractivity contribution in [1.82, 2.24) is 4.31 Å². The average molecular weight is 342 g/mol. The van der Waals surface area contributed by atoms with Crippen LogP contribution in [0.2, 0.25) is 0 Å². The van der Waals surface area contributed by atoms with Crippen molar-refractivity contribution in [1.29, 1.82) is 5.26 Å². The number of carboxylic acids is 1. The van der Waals surface area contributed by atoms with Crippen molar-refractivity contribution < 1.29 is 27.1 Å². The van der Waals surface area contributed by atoms with Gasteiger partial charge >= 0.3 is 5.97 Å². The first-order chi connectivity index (χ1) is 10.8. The van der Waals surface area contributed by atoms with Crippen LogP contribution in [0.1, 0.15) is 24.8 Å². The van der Waals surface area contributed by atoms with E-state index in [0.29, 0.717) is 25.0 Å². The molecule has 2 saturated heterocycles. The van der Waals surface area contributed by atoms with Crippen molar-refractivity contribution in [2.24, 2.45) is 5.92 Å². The highest BCUT2D eigenvalue weighted by Crippen LogP contribution is 2.45. The molecule has 1 aromatic carbocycles. The van der Waals surface area contributed by atoms with E-state index >= 15 is 0 Å². The number of hydrogen-bond acceptors (Lipinski definition) is 4. The molecule has 2 heterocycles. The lowest BCUT2D eigenvalue weighted by atomic mass is 9.89. The maximum atomic E-state index is 14.1. The first-order valence-electron chi connectivity index (χ1n) is 6.93. The molecule has 2 bridgehead atoms. The molecule has 3 rings (SSSR count). The maximum Gasteiger partial charge on any atom is 0.308 e. The van der Waals surface area contributed by atoms with E-state index in [1.165, 1.54) is 0 Å². The molecule has 0 radical (unpaired) electrons.